The predicted molar refractivity (Wildman–Crippen MR) is 125 cm³/mol. The first-order chi connectivity index (χ1) is 14.5. The van der Waals surface area contributed by atoms with Crippen molar-refractivity contribution in [3.05, 3.63) is 35.4 Å². The monoisotopic (exact) mass is 431 g/mol. The molecule has 2 aliphatic rings. The molecule has 30 heavy (non-hydrogen) atoms. The normalized spacial score (nSPS) is 21.6. The largest absolute Gasteiger partial charge is 0.352 e. The summed E-state index contributed by atoms with van der Waals surface area (Å²) in [6, 6.07) is 8.23. The smallest absolute Gasteiger partial charge is 0.253 e. The number of benzene rings is 1. The number of unbranched alkanes of at least 4 members (excludes halogenated alkanes) is 2. The number of carbonyl (C=O) groups excluding carboxylic acids is 2. The lowest BCUT2D eigenvalue weighted by molar-refractivity contribution is -0.123. The van der Waals surface area contributed by atoms with Crippen LogP contribution in [0.15, 0.2) is 24.3 Å². The van der Waals surface area contributed by atoms with Gasteiger partial charge in [-0.25, -0.2) is 0 Å². The molecule has 2 saturated heterocycles. The zero-order chi connectivity index (χ0) is 21.6. The Morgan fingerprint density at radius 2 is 1.90 bits per heavy atom. The minimum atomic E-state index is -0.133. The summed E-state index contributed by atoms with van der Waals surface area (Å²) in [4.78, 5) is 27.3. The van der Waals surface area contributed by atoms with Crippen LogP contribution in [-0.4, -0.2) is 52.5 Å². The van der Waals surface area contributed by atoms with Crippen molar-refractivity contribution in [2.24, 2.45) is 0 Å². The summed E-state index contributed by atoms with van der Waals surface area (Å²) in [5.74, 6) is 1.03. The number of nitrogens with zero attached hydrogens (tertiary/aromatic N) is 1. The van der Waals surface area contributed by atoms with Crippen LogP contribution in [0.2, 0.25) is 0 Å². The zero-order valence-corrected chi connectivity index (χ0v) is 19.5. The molecule has 2 fully saturated rings. The van der Waals surface area contributed by atoms with Crippen LogP contribution >= 0.6 is 11.8 Å². The van der Waals surface area contributed by atoms with E-state index in [1.54, 1.807) is 0 Å². The number of rotatable bonds is 8. The first-order valence-electron chi connectivity index (χ1n) is 11.6. The number of piperidine rings is 1. The molecule has 2 amide bonds. The van der Waals surface area contributed by atoms with Crippen LogP contribution in [0.1, 0.15) is 75.2 Å². The Kier molecular flexibility index (Phi) is 8.23. The molecule has 2 N–H and O–H groups in total. The van der Waals surface area contributed by atoms with E-state index in [9.17, 15) is 9.59 Å². The highest BCUT2D eigenvalue weighted by molar-refractivity contribution is 8.01. The van der Waals surface area contributed by atoms with Gasteiger partial charge >= 0.3 is 0 Å². The zero-order valence-electron chi connectivity index (χ0n) is 18.7. The Labute approximate surface area is 185 Å². The first-order valence-corrected chi connectivity index (χ1v) is 12.5. The number of thioether (sulfide) groups is 1. The van der Waals surface area contributed by atoms with Crippen molar-refractivity contribution in [2.75, 3.05) is 18.8 Å². The summed E-state index contributed by atoms with van der Waals surface area (Å²) in [6.45, 7) is 7.80. The van der Waals surface area contributed by atoms with Gasteiger partial charge in [-0.05, 0) is 56.7 Å². The SMILES string of the molecule is CCCCCc1ccc(C(=O)N2CCC3(CC2)N[C@@H](C(=O)N[C@@H](C)CC)CS3)cc1. The fraction of sp³-hybridized carbons (Fsp3) is 0.667. The van der Waals surface area contributed by atoms with Crippen LogP contribution in [-0.2, 0) is 11.2 Å². The second kappa shape index (κ2) is 10.7. The van der Waals surface area contributed by atoms with Crippen molar-refractivity contribution < 1.29 is 9.59 Å². The Balaban J connectivity index is 1.49. The number of hydrogen-bond donors (Lipinski definition) is 2. The van der Waals surface area contributed by atoms with E-state index in [1.165, 1.54) is 24.8 Å². The summed E-state index contributed by atoms with van der Waals surface area (Å²) in [5, 5.41) is 6.66. The molecule has 0 aromatic heterocycles. The molecule has 3 rings (SSSR count). The lowest BCUT2D eigenvalue weighted by Gasteiger charge is -2.39. The van der Waals surface area contributed by atoms with Gasteiger partial charge in [0.15, 0.2) is 0 Å². The Morgan fingerprint density at radius 1 is 1.20 bits per heavy atom. The number of hydrogen-bond acceptors (Lipinski definition) is 4. The van der Waals surface area contributed by atoms with Crippen LogP contribution in [0.4, 0.5) is 0 Å². The Morgan fingerprint density at radius 3 is 2.53 bits per heavy atom. The average Bonchev–Trinajstić information content (AvgIpc) is 3.18. The predicted octanol–water partition coefficient (Wildman–Crippen LogP) is 3.97. The summed E-state index contributed by atoms with van der Waals surface area (Å²) in [6.07, 6.45) is 7.47. The highest BCUT2D eigenvalue weighted by Gasteiger charge is 2.44. The van der Waals surface area contributed by atoms with E-state index in [1.807, 2.05) is 35.7 Å². The molecular weight excluding hydrogens is 394 g/mol. The molecule has 0 saturated carbocycles. The molecule has 1 spiro atoms. The van der Waals surface area contributed by atoms with Crippen LogP contribution < -0.4 is 10.6 Å². The van der Waals surface area contributed by atoms with E-state index >= 15 is 0 Å². The molecule has 166 valence electrons. The van der Waals surface area contributed by atoms with Crippen molar-refractivity contribution in [3.8, 4) is 0 Å². The maximum Gasteiger partial charge on any atom is 0.253 e. The fourth-order valence-corrected chi connectivity index (χ4v) is 5.58. The van der Waals surface area contributed by atoms with E-state index in [4.69, 9.17) is 0 Å². The van der Waals surface area contributed by atoms with Crippen LogP contribution in [0.3, 0.4) is 0 Å². The van der Waals surface area contributed by atoms with Crippen molar-refractivity contribution in [1.82, 2.24) is 15.5 Å². The van der Waals surface area contributed by atoms with E-state index in [0.29, 0.717) is 0 Å². The van der Waals surface area contributed by atoms with E-state index in [-0.39, 0.29) is 28.8 Å². The van der Waals surface area contributed by atoms with Crippen LogP contribution in [0, 0.1) is 0 Å². The minimum absolute atomic E-state index is 0.0720. The molecule has 0 unspecified atom stereocenters. The Hall–Kier alpha value is -1.53. The maximum atomic E-state index is 12.9. The standard InChI is InChI=1S/C24H37N3O2S/c1-4-6-7-8-19-9-11-20(12-10-19)23(29)27-15-13-24(14-16-27)26-21(17-30-24)22(28)25-18(3)5-2/h9-12,18,21,26H,4-8,13-17H2,1-3H3,(H,25,28)/t18-,21+/m0/s1. The molecule has 0 bridgehead atoms. The van der Waals surface area contributed by atoms with E-state index in [2.05, 4.69) is 36.6 Å². The second-order valence-electron chi connectivity index (χ2n) is 8.77. The molecule has 1 aromatic rings. The summed E-state index contributed by atoms with van der Waals surface area (Å²) in [7, 11) is 0. The average molecular weight is 432 g/mol. The molecule has 5 nitrogen and oxygen atoms in total. The van der Waals surface area contributed by atoms with Gasteiger partial charge in [0.2, 0.25) is 5.91 Å². The third kappa shape index (κ3) is 5.79. The quantitative estimate of drug-likeness (QED) is 0.612. The van der Waals surface area contributed by atoms with Gasteiger partial charge in [-0.3, -0.25) is 14.9 Å². The molecule has 0 aliphatic carbocycles. The summed E-state index contributed by atoms with van der Waals surface area (Å²) < 4.78 is 0. The number of likely N-dealkylation sites (tertiary alicyclic amines) is 1. The molecule has 2 heterocycles. The Bertz CT molecular complexity index is 714. The molecule has 2 atom stereocenters. The molecular formula is C24H37N3O2S. The van der Waals surface area contributed by atoms with E-state index < -0.39 is 0 Å². The van der Waals surface area contributed by atoms with Gasteiger partial charge < -0.3 is 10.2 Å². The van der Waals surface area contributed by atoms with Gasteiger partial charge in [0.1, 0.15) is 0 Å². The van der Waals surface area contributed by atoms with Crippen molar-refractivity contribution >= 4 is 23.6 Å². The first kappa shape index (κ1) is 23.1. The van der Waals surface area contributed by atoms with Gasteiger partial charge in [-0.15, -0.1) is 11.8 Å². The molecule has 1 aromatic carbocycles. The molecule has 0 radical (unpaired) electrons. The van der Waals surface area contributed by atoms with Crippen LogP contribution in [0.25, 0.3) is 0 Å². The van der Waals surface area contributed by atoms with Crippen molar-refractivity contribution in [1.29, 1.82) is 0 Å². The van der Waals surface area contributed by atoms with Gasteiger partial charge in [-0.1, -0.05) is 38.8 Å². The van der Waals surface area contributed by atoms with E-state index in [0.717, 1.165) is 50.1 Å². The summed E-state index contributed by atoms with van der Waals surface area (Å²) in [5.41, 5.74) is 2.09. The van der Waals surface area contributed by atoms with Gasteiger partial charge in [-0.2, -0.15) is 0 Å². The highest BCUT2D eigenvalue weighted by atomic mass is 32.2. The maximum absolute atomic E-state index is 12.9. The molecule has 6 heteroatoms. The molecule has 2 aliphatic heterocycles. The van der Waals surface area contributed by atoms with Crippen molar-refractivity contribution in [2.45, 2.75) is 82.7 Å². The van der Waals surface area contributed by atoms with Gasteiger partial charge in [0, 0.05) is 30.4 Å². The van der Waals surface area contributed by atoms with Gasteiger partial charge in [0.05, 0.1) is 10.9 Å². The number of aryl methyl sites for hydroxylation is 1. The lowest BCUT2D eigenvalue weighted by Crippen LogP contribution is -2.55. The highest BCUT2D eigenvalue weighted by Crippen LogP contribution is 2.39. The summed E-state index contributed by atoms with van der Waals surface area (Å²) >= 11 is 1.85. The minimum Gasteiger partial charge on any atom is -0.352 e. The topological polar surface area (TPSA) is 61.4 Å². The number of carbonyl (C=O) groups is 2. The van der Waals surface area contributed by atoms with Gasteiger partial charge in [0.25, 0.3) is 5.91 Å². The fourth-order valence-electron chi connectivity index (χ4n) is 4.17. The third-order valence-electron chi connectivity index (χ3n) is 6.41. The third-order valence-corrected chi connectivity index (χ3v) is 7.99. The number of nitrogens with one attached hydrogen (secondary N) is 2. The van der Waals surface area contributed by atoms with Crippen LogP contribution in [0.5, 0.6) is 0 Å². The second-order valence-corrected chi connectivity index (χ2v) is 10.2. The van der Waals surface area contributed by atoms with Crippen molar-refractivity contribution in [3.63, 3.8) is 0 Å². The lowest BCUT2D eigenvalue weighted by atomic mass is 10.0. The number of amides is 2.